The number of rotatable bonds is 8. The monoisotopic (exact) mass is 803 g/mol. The Labute approximate surface area is 367 Å². The number of hydrogen-bond donors (Lipinski definition) is 0. The lowest BCUT2D eigenvalue weighted by molar-refractivity contribution is 0.666. The second kappa shape index (κ2) is 15.1. The van der Waals surface area contributed by atoms with Crippen LogP contribution in [0.2, 0.25) is 0 Å². The van der Waals surface area contributed by atoms with Crippen LogP contribution in [0, 0.1) is 0 Å². The number of anilines is 3. The molecule has 0 fully saturated rings. The highest BCUT2D eigenvalue weighted by Gasteiger charge is 2.46. The van der Waals surface area contributed by atoms with Gasteiger partial charge < -0.3 is 9.32 Å². The number of furan rings is 1. The molecule has 2 heteroatoms. The lowest BCUT2D eigenvalue weighted by Gasteiger charge is -2.33. The molecule has 63 heavy (non-hydrogen) atoms. The van der Waals surface area contributed by atoms with Crippen molar-refractivity contribution in [1.82, 2.24) is 0 Å². The van der Waals surface area contributed by atoms with Gasteiger partial charge in [0.2, 0.25) is 0 Å². The van der Waals surface area contributed by atoms with Crippen LogP contribution in [0.25, 0.3) is 66.4 Å². The van der Waals surface area contributed by atoms with E-state index in [-0.39, 0.29) is 0 Å². The summed E-state index contributed by atoms with van der Waals surface area (Å²) in [6, 6.07) is 89.8. The smallest absolute Gasteiger partial charge is 0.143 e. The Hall–Kier alpha value is -8.20. The van der Waals surface area contributed by atoms with Crippen LogP contribution in [-0.4, -0.2) is 0 Å². The third-order valence-corrected chi connectivity index (χ3v) is 13.0. The lowest BCUT2D eigenvalue weighted by Crippen LogP contribution is -2.28. The molecule has 1 aliphatic carbocycles. The molecular formula is C61H41NO. The molecule has 0 bridgehead atoms. The fraction of sp³-hybridized carbons (Fsp3) is 0.0164. The van der Waals surface area contributed by atoms with Gasteiger partial charge in [0.1, 0.15) is 11.2 Å². The summed E-state index contributed by atoms with van der Waals surface area (Å²) in [7, 11) is 0. The normalized spacial score (nSPS) is 12.6. The summed E-state index contributed by atoms with van der Waals surface area (Å²) >= 11 is 0. The maximum atomic E-state index is 7.14. The molecule has 1 heterocycles. The number of benzene rings is 10. The van der Waals surface area contributed by atoms with E-state index in [9.17, 15) is 0 Å². The first-order chi connectivity index (χ1) is 31.3. The van der Waals surface area contributed by atoms with Gasteiger partial charge in [-0.3, -0.25) is 0 Å². The lowest BCUT2D eigenvalue weighted by atomic mass is 9.67. The highest BCUT2D eigenvalue weighted by atomic mass is 16.3. The van der Waals surface area contributed by atoms with E-state index in [0.29, 0.717) is 0 Å². The third-order valence-electron chi connectivity index (χ3n) is 13.0. The highest BCUT2D eigenvalue weighted by molar-refractivity contribution is 6.11. The molecule has 0 saturated carbocycles. The summed E-state index contributed by atoms with van der Waals surface area (Å²) < 4.78 is 7.14. The van der Waals surface area contributed by atoms with Crippen molar-refractivity contribution < 1.29 is 4.42 Å². The molecule has 11 aromatic rings. The number of nitrogens with zero attached hydrogens (tertiary/aromatic N) is 1. The first kappa shape index (κ1) is 36.6. The molecule has 0 N–H and O–H groups in total. The Kier molecular flexibility index (Phi) is 8.76. The zero-order chi connectivity index (χ0) is 41.7. The second-order valence-corrected chi connectivity index (χ2v) is 16.3. The molecule has 0 aliphatic heterocycles. The van der Waals surface area contributed by atoms with Gasteiger partial charge in [0, 0.05) is 33.3 Å². The van der Waals surface area contributed by atoms with Gasteiger partial charge in [0.25, 0.3) is 0 Å². The van der Waals surface area contributed by atoms with Crippen LogP contribution in [0.3, 0.4) is 0 Å². The predicted octanol–water partition coefficient (Wildman–Crippen LogP) is 16.4. The standard InChI is InChI=1S/C61H41NO/c1-4-19-42(20-5-1)43-35-38-47(39-36-43)62(46-23-8-3-9-24-46)58-34-17-14-29-52(58)48-25-10-11-26-49(48)54-30-18-31-55-53-40-37-45(41-59(53)63-60(54)55)61(44-21-6-2-7-22-44)56-32-15-12-27-50(56)51-28-13-16-33-57(51)61/h1-41H. The largest absolute Gasteiger partial charge is 0.455 e. The van der Waals surface area contributed by atoms with E-state index in [4.69, 9.17) is 4.42 Å². The summed E-state index contributed by atoms with van der Waals surface area (Å²) in [6.07, 6.45) is 0. The molecule has 0 unspecified atom stereocenters. The molecule has 296 valence electrons. The van der Waals surface area contributed by atoms with Crippen LogP contribution in [0.1, 0.15) is 22.3 Å². The van der Waals surface area contributed by atoms with Gasteiger partial charge in [-0.25, -0.2) is 0 Å². The van der Waals surface area contributed by atoms with E-state index in [1.165, 1.54) is 44.5 Å². The fourth-order valence-corrected chi connectivity index (χ4v) is 10.2. The van der Waals surface area contributed by atoms with Gasteiger partial charge in [-0.2, -0.15) is 0 Å². The summed E-state index contributed by atoms with van der Waals surface area (Å²) in [5.41, 5.74) is 18.9. The van der Waals surface area contributed by atoms with Crippen molar-refractivity contribution in [3.63, 3.8) is 0 Å². The molecule has 10 aromatic carbocycles. The minimum absolute atomic E-state index is 0.507. The highest BCUT2D eigenvalue weighted by Crippen LogP contribution is 2.56. The summed E-state index contributed by atoms with van der Waals surface area (Å²) in [4.78, 5) is 2.37. The molecule has 1 aliphatic rings. The van der Waals surface area contributed by atoms with Crippen LogP contribution in [0.4, 0.5) is 17.1 Å². The van der Waals surface area contributed by atoms with Crippen LogP contribution >= 0.6 is 0 Å². The van der Waals surface area contributed by atoms with Gasteiger partial charge in [-0.1, -0.05) is 212 Å². The van der Waals surface area contributed by atoms with Crippen molar-refractivity contribution in [2.75, 3.05) is 4.90 Å². The topological polar surface area (TPSA) is 16.4 Å². The Morgan fingerprint density at radius 3 is 1.51 bits per heavy atom. The molecule has 0 spiro atoms. The predicted molar refractivity (Wildman–Crippen MR) is 262 cm³/mol. The zero-order valence-electron chi connectivity index (χ0n) is 34.5. The average Bonchev–Trinajstić information content (AvgIpc) is 3.89. The summed E-state index contributed by atoms with van der Waals surface area (Å²) in [5.74, 6) is 0. The van der Waals surface area contributed by atoms with Crippen LogP contribution in [0.15, 0.2) is 253 Å². The number of para-hydroxylation sites is 3. The van der Waals surface area contributed by atoms with Gasteiger partial charge in [-0.05, 0) is 92.0 Å². The molecule has 0 radical (unpaired) electrons. The van der Waals surface area contributed by atoms with Gasteiger partial charge in [-0.15, -0.1) is 0 Å². The fourth-order valence-electron chi connectivity index (χ4n) is 10.2. The first-order valence-electron chi connectivity index (χ1n) is 21.7. The average molecular weight is 804 g/mol. The van der Waals surface area contributed by atoms with E-state index in [2.05, 4.69) is 254 Å². The molecule has 0 atom stereocenters. The van der Waals surface area contributed by atoms with E-state index in [1.807, 2.05) is 0 Å². The van der Waals surface area contributed by atoms with E-state index < -0.39 is 5.41 Å². The molecule has 12 rings (SSSR count). The van der Waals surface area contributed by atoms with Crippen molar-refractivity contribution in [1.29, 1.82) is 0 Å². The first-order valence-corrected chi connectivity index (χ1v) is 21.7. The molecular weight excluding hydrogens is 763 g/mol. The zero-order valence-corrected chi connectivity index (χ0v) is 34.5. The van der Waals surface area contributed by atoms with Crippen molar-refractivity contribution >= 4 is 39.0 Å². The third kappa shape index (κ3) is 5.87. The number of hydrogen-bond acceptors (Lipinski definition) is 2. The van der Waals surface area contributed by atoms with E-state index in [1.54, 1.807) is 0 Å². The van der Waals surface area contributed by atoms with Crippen molar-refractivity contribution in [3.8, 4) is 44.5 Å². The van der Waals surface area contributed by atoms with Crippen molar-refractivity contribution in [2.24, 2.45) is 0 Å². The SMILES string of the molecule is c1ccc(-c2ccc(N(c3ccccc3)c3ccccc3-c3ccccc3-c3cccc4c3oc3cc(C5(c6ccccc6)c6ccccc6-c6ccccc65)ccc34)cc2)cc1. The summed E-state index contributed by atoms with van der Waals surface area (Å²) in [5, 5.41) is 2.20. The minimum Gasteiger partial charge on any atom is -0.455 e. The summed E-state index contributed by atoms with van der Waals surface area (Å²) in [6.45, 7) is 0. The Morgan fingerprint density at radius 1 is 0.317 bits per heavy atom. The quantitative estimate of drug-likeness (QED) is 0.152. The molecule has 2 nitrogen and oxygen atoms in total. The van der Waals surface area contributed by atoms with E-state index >= 15 is 0 Å². The molecule has 0 amide bonds. The Balaban J connectivity index is 1.02. The minimum atomic E-state index is -0.507. The maximum Gasteiger partial charge on any atom is 0.143 e. The number of fused-ring (bicyclic) bond motifs is 6. The Morgan fingerprint density at radius 2 is 0.825 bits per heavy atom. The van der Waals surface area contributed by atoms with Crippen LogP contribution in [-0.2, 0) is 5.41 Å². The van der Waals surface area contributed by atoms with Gasteiger partial charge in [0.15, 0.2) is 0 Å². The van der Waals surface area contributed by atoms with Crippen LogP contribution < -0.4 is 4.90 Å². The van der Waals surface area contributed by atoms with Gasteiger partial charge in [0.05, 0.1) is 11.1 Å². The van der Waals surface area contributed by atoms with Crippen molar-refractivity contribution in [3.05, 3.63) is 271 Å². The van der Waals surface area contributed by atoms with Crippen molar-refractivity contribution in [2.45, 2.75) is 5.41 Å². The second-order valence-electron chi connectivity index (χ2n) is 16.3. The van der Waals surface area contributed by atoms with E-state index in [0.717, 1.165) is 61.3 Å². The molecule has 1 aromatic heterocycles. The molecule has 0 saturated heterocycles. The van der Waals surface area contributed by atoms with Crippen LogP contribution in [0.5, 0.6) is 0 Å². The maximum absolute atomic E-state index is 7.14. The Bertz CT molecular complexity index is 3400. The van der Waals surface area contributed by atoms with Gasteiger partial charge >= 0.3 is 0 Å².